The van der Waals surface area contributed by atoms with Crippen molar-refractivity contribution in [3.63, 3.8) is 0 Å². The van der Waals surface area contributed by atoms with Crippen LogP contribution in [-0.4, -0.2) is 28.7 Å². The molecule has 0 spiro atoms. The van der Waals surface area contributed by atoms with Crippen LogP contribution < -0.4 is 14.8 Å². The molecule has 0 saturated heterocycles. The number of halogens is 1. The second kappa shape index (κ2) is 6.64. The smallest absolute Gasteiger partial charge is 0.244 e. The number of nitrogens with zero attached hydrogens (tertiary/aromatic N) is 2. The molecular weight excluding hydrogens is 342 g/mol. The minimum atomic E-state index is -0.145. The maximum atomic E-state index is 12.3. The van der Waals surface area contributed by atoms with Gasteiger partial charge in [0.05, 0.1) is 30.6 Å². The van der Waals surface area contributed by atoms with Gasteiger partial charge in [0.2, 0.25) is 5.91 Å². The third kappa shape index (κ3) is 3.39. The number of amides is 1. The summed E-state index contributed by atoms with van der Waals surface area (Å²) in [5.41, 5.74) is 2.29. The van der Waals surface area contributed by atoms with Crippen LogP contribution in [0.25, 0.3) is 11.0 Å². The van der Waals surface area contributed by atoms with E-state index in [0.29, 0.717) is 35.4 Å². The van der Waals surface area contributed by atoms with Crippen LogP contribution >= 0.6 is 11.6 Å². The largest absolute Gasteiger partial charge is 0.489 e. The first-order chi connectivity index (χ1) is 12.2. The fourth-order valence-electron chi connectivity index (χ4n) is 2.73. The Balaban J connectivity index is 1.55. The van der Waals surface area contributed by atoms with Crippen LogP contribution in [0.2, 0.25) is 5.02 Å². The van der Waals surface area contributed by atoms with Gasteiger partial charge in [0.15, 0.2) is 11.5 Å². The second-order valence-corrected chi connectivity index (χ2v) is 6.20. The number of carbonyl (C=O) groups is 1. The molecule has 1 amide bonds. The van der Waals surface area contributed by atoms with Crippen molar-refractivity contribution in [3.8, 4) is 11.5 Å². The molecule has 4 rings (SSSR count). The molecule has 6 nitrogen and oxygen atoms in total. The van der Waals surface area contributed by atoms with Crippen LogP contribution in [0.5, 0.6) is 11.5 Å². The molecule has 0 aliphatic carbocycles. The van der Waals surface area contributed by atoms with Crippen LogP contribution in [0.1, 0.15) is 6.42 Å². The standard InChI is InChI=1S/C18H16ClN3O3/c19-12-2-4-13(5-3-12)21-18(23)10-22-11-20-14-8-16-17(9-15(14)22)25-7-1-6-24-16/h2-5,8-9,11H,1,6-7,10H2,(H,21,23). The normalized spacial score (nSPS) is 13.5. The second-order valence-electron chi connectivity index (χ2n) is 5.77. The highest BCUT2D eigenvalue weighted by Crippen LogP contribution is 2.33. The van der Waals surface area contributed by atoms with E-state index in [4.69, 9.17) is 21.1 Å². The molecule has 2 heterocycles. The number of carbonyl (C=O) groups excluding carboxylic acids is 1. The maximum absolute atomic E-state index is 12.3. The lowest BCUT2D eigenvalue weighted by Gasteiger charge is -2.09. The lowest BCUT2D eigenvalue weighted by Crippen LogP contribution is -2.18. The Labute approximate surface area is 149 Å². The number of benzene rings is 2. The molecule has 0 radical (unpaired) electrons. The zero-order chi connectivity index (χ0) is 17.2. The van der Waals surface area contributed by atoms with Gasteiger partial charge in [0, 0.05) is 29.3 Å². The average Bonchev–Trinajstić information content (AvgIpc) is 2.83. The Hall–Kier alpha value is -2.73. The van der Waals surface area contributed by atoms with Gasteiger partial charge >= 0.3 is 0 Å². The monoisotopic (exact) mass is 357 g/mol. The molecule has 0 unspecified atom stereocenters. The molecular formula is C18H16ClN3O3. The van der Waals surface area contributed by atoms with Crippen molar-refractivity contribution in [2.24, 2.45) is 0 Å². The Bertz CT molecular complexity index is 921. The van der Waals surface area contributed by atoms with Gasteiger partial charge in [0.25, 0.3) is 0 Å². The zero-order valence-corrected chi connectivity index (χ0v) is 14.1. The number of fused-ring (bicyclic) bond motifs is 2. The number of nitrogens with one attached hydrogen (secondary N) is 1. The van der Waals surface area contributed by atoms with E-state index in [1.807, 2.05) is 12.1 Å². The van der Waals surface area contributed by atoms with Crippen LogP contribution in [0.15, 0.2) is 42.7 Å². The van der Waals surface area contributed by atoms with E-state index < -0.39 is 0 Å². The van der Waals surface area contributed by atoms with Gasteiger partial charge in [-0.05, 0) is 24.3 Å². The summed E-state index contributed by atoms with van der Waals surface area (Å²) >= 11 is 5.85. The van der Waals surface area contributed by atoms with Crippen molar-refractivity contribution < 1.29 is 14.3 Å². The number of ether oxygens (including phenoxy) is 2. The molecule has 1 aliphatic heterocycles. The Morgan fingerprint density at radius 1 is 1.16 bits per heavy atom. The van der Waals surface area contributed by atoms with Gasteiger partial charge in [0.1, 0.15) is 6.54 Å². The molecule has 3 aromatic rings. The molecule has 2 aromatic carbocycles. The average molecular weight is 358 g/mol. The van der Waals surface area contributed by atoms with Crippen molar-refractivity contribution in [1.29, 1.82) is 0 Å². The Morgan fingerprint density at radius 3 is 2.64 bits per heavy atom. The summed E-state index contributed by atoms with van der Waals surface area (Å²) in [7, 11) is 0. The van der Waals surface area contributed by atoms with Gasteiger partial charge in [-0.25, -0.2) is 4.98 Å². The summed E-state index contributed by atoms with van der Waals surface area (Å²) < 4.78 is 13.2. The molecule has 0 saturated carbocycles. The molecule has 7 heteroatoms. The molecule has 1 N–H and O–H groups in total. The summed E-state index contributed by atoms with van der Waals surface area (Å²) in [4.78, 5) is 16.7. The summed E-state index contributed by atoms with van der Waals surface area (Å²) in [6.07, 6.45) is 2.49. The van der Waals surface area contributed by atoms with E-state index in [1.165, 1.54) is 0 Å². The molecule has 0 bridgehead atoms. The van der Waals surface area contributed by atoms with Crippen LogP contribution in [0.3, 0.4) is 0 Å². The van der Waals surface area contributed by atoms with E-state index >= 15 is 0 Å². The summed E-state index contributed by atoms with van der Waals surface area (Å²) in [5.74, 6) is 1.24. The van der Waals surface area contributed by atoms with Gasteiger partial charge in [-0.3, -0.25) is 4.79 Å². The lowest BCUT2D eigenvalue weighted by atomic mass is 10.2. The van der Waals surface area contributed by atoms with Crippen LogP contribution in [-0.2, 0) is 11.3 Å². The minimum Gasteiger partial charge on any atom is -0.489 e. The minimum absolute atomic E-state index is 0.145. The fraction of sp³-hybridized carbons (Fsp3) is 0.222. The molecule has 0 fully saturated rings. The first kappa shape index (κ1) is 15.8. The molecule has 0 atom stereocenters. The first-order valence-corrected chi connectivity index (χ1v) is 8.37. The van der Waals surface area contributed by atoms with Crippen molar-refractivity contribution in [1.82, 2.24) is 9.55 Å². The van der Waals surface area contributed by atoms with Gasteiger partial charge in [-0.1, -0.05) is 11.6 Å². The molecule has 25 heavy (non-hydrogen) atoms. The van der Waals surface area contributed by atoms with Crippen molar-refractivity contribution in [2.45, 2.75) is 13.0 Å². The SMILES string of the molecule is O=C(Cn1cnc2cc3c(cc21)OCCCO3)Nc1ccc(Cl)cc1. The van der Waals surface area contributed by atoms with E-state index in [1.54, 1.807) is 35.2 Å². The van der Waals surface area contributed by atoms with Crippen LogP contribution in [0.4, 0.5) is 5.69 Å². The van der Waals surface area contributed by atoms with Gasteiger partial charge in [-0.2, -0.15) is 0 Å². The maximum Gasteiger partial charge on any atom is 0.244 e. The number of rotatable bonds is 3. The zero-order valence-electron chi connectivity index (χ0n) is 13.4. The van der Waals surface area contributed by atoms with E-state index in [0.717, 1.165) is 17.5 Å². The molecule has 1 aliphatic rings. The highest BCUT2D eigenvalue weighted by molar-refractivity contribution is 6.30. The van der Waals surface area contributed by atoms with Crippen molar-refractivity contribution in [3.05, 3.63) is 47.7 Å². The molecule has 1 aromatic heterocycles. The Morgan fingerprint density at radius 2 is 1.88 bits per heavy atom. The quantitative estimate of drug-likeness (QED) is 0.779. The number of hydrogen-bond acceptors (Lipinski definition) is 4. The van der Waals surface area contributed by atoms with Crippen molar-refractivity contribution >= 4 is 34.2 Å². The van der Waals surface area contributed by atoms with E-state index in [2.05, 4.69) is 10.3 Å². The first-order valence-electron chi connectivity index (χ1n) is 7.99. The Kier molecular flexibility index (Phi) is 4.19. The topological polar surface area (TPSA) is 65.4 Å². The highest BCUT2D eigenvalue weighted by atomic mass is 35.5. The highest BCUT2D eigenvalue weighted by Gasteiger charge is 2.15. The predicted molar refractivity (Wildman–Crippen MR) is 95.4 cm³/mol. The van der Waals surface area contributed by atoms with Gasteiger partial charge in [-0.15, -0.1) is 0 Å². The van der Waals surface area contributed by atoms with Crippen LogP contribution in [0, 0.1) is 0 Å². The third-order valence-corrected chi connectivity index (χ3v) is 4.18. The molecule has 128 valence electrons. The third-order valence-electron chi connectivity index (χ3n) is 3.93. The fourth-order valence-corrected chi connectivity index (χ4v) is 2.86. The van der Waals surface area contributed by atoms with Gasteiger partial charge < -0.3 is 19.4 Å². The number of aromatic nitrogens is 2. The predicted octanol–water partition coefficient (Wildman–Crippen LogP) is 3.49. The summed E-state index contributed by atoms with van der Waals surface area (Å²) in [5, 5.41) is 3.47. The lowest BCUT2D eigenvalue weighted by molar-refractivity contribution is -0.116. The van der Waals surface area contributed by atoms with E-state index in [-0.39, 0.29) is 12.5 Å². The van der Waals surface area contributed by atoms with Crippen molar-refractivity contribution in [2.75, 3.05) is 18.5 Å². The van der Waals surface area contributed by atoms with E-state index in [9.17, 15) is 4.79 Å². The summed E-state index contributed by atoms with van der Waals surface area (Å²) in [6, 6.07) is 10.7. The summed E-state index contributed by atoms with van der Waals surface area (Å²) in [6.45, 7) is 1.39. The number of anilines is 1. The number of hydrogen-bond donors (Lipinski definition) is 1. The number of imidazole rings is 1.